The third-order valence-corrected chi connectivity index (χ3v) is 2.71. The summed E-state index contributed by atoms with van der Waals surface area (Å²) in [5.74, 6) is 1.43. The Morgan fingerprint density at radius 2 is 2.17 bits per heavy atom. The molecule has 0 aromatic heterocycles. The maximum atomic E-state index is 11.3. The average Bonchev–Trinajstić information content (AvgIpc) is 2.11. The summed E-state index contributed by atoms with van der Waals surface area (Å²) in [7, 11) is 2.01. The van der Waals surface area contributed by atoms with Crippen LogP contribution in [-0.4, -0.2) is 42.3 Å². The van der Waals surface area contributed by atoms with Gasteiger partial charge in [0.2, 0.25) is 0 Å². The van der Waals surface area contributed by atoms with E-state index in [2.05, 4.69) is 11.2 Å². The van der Waals surface area contributed by atoms with E-state index in [9.17, 15) is 4.79 Å². The van der Waals surface area contributed by atoms with Gasteiger partial charge in [-0.3, -0.25) is 9.69 Å². The van der Waals surface area contributed by atoms with Crippen LogP contribution in [0.25, 0.3) is 0 Å². The number of likely N-dealkylation sites (N-methyl/N-ethyl adjacent to an activating group) is 1. The van der Waals surface area contributed by atoms with Gasteiger partial charge in [-0.05, 0) is 20.2 Å². The predicted molar refractivity (Wildman–Crippen MR) is 55.8 cm³/mol. The Morgan fingerprint density at radius 1 is 1.58 bits per heavy atom. The largest absolute Gasteiger partial charge is 0.298 e. The van der Waals surface area contributed by atoms with Crippen molar-refractivity contribution in [1.82, 2.24) is 4.90 Å². The van der Waals surface area contributed by atoms with E-state index in [0.717, 1.165) is 12.3 Å². The Morgan fingerprint density at radius 3 is 2.58 bits per heavy atom. The van der Waals surface area contributed by atoms with Crippen LogP contribution in [0.4, 0.5) is 0 Å². The molecule has 0 saturated heterocycles. The molecule has 0 amide bonds. The fourth-order valence-corrected chi connectivity index (χ4v) is 1.44. The molecule has 1 atom stereocenters. The lowest BCUT2D eigenvalue weighted by molar-refractivity contribution is -0.122. The van der Waals surface area contributed by atoms with E-state index in [4.69, 9.17) is 0 Å². The summed E-state index contributed by atoms with van der Waals surface area (Å²) in [5.41, 5.74) is 0. The van der Waals surface area contributed by atoms with Gasteiger partial charge in [-0.2, -0.15) is 11.8 Å². The first-order chi connectivity index (χ1) is 5.63. The van der Waals surface area contributed by atoms with Gasteiger partial charge in [0.15, 0.2) is 0 Å². The molecule has 0 N–H and O–H groups in total. The van der Waals surface area contributed by atoms with Crippen molar-refractivity contribution in [2.24, 2.45) is 0 Å². The van der Waals surface area contributed by atoms with Gasteiger partial charge in [0.25, 0.3) is 0 Å². The summed E-state index contributed by atoms with van der Waals surface area (Å²) in [6.45, 7) is 4.89. The van der Waals surface area contributed by atoms with E-state index in [1.54, 1.807) is 0 Å². The summed E-state index contributed by atoms with van der Waals surface area (Å²) in [4.78, 5) is 13.4. The van der Waals surface area contributed by atoms with Crippen molar-refractivity contribution in [3.8, 4) is 0 Å². The topological polar surface area (TPSA) is 20.3 Å². The zero-order valence-electron chi connectivity index (χ0n) is 8.46. The van der Waals surface area contributed by atoms with Crippen LogP contribution in [0.1, 0.15) is 20.3 Å². The van der Waals surface area contributed by atoms with E-state index in [-0.39, 0.29) is 6.04 Å². The molecule has 0 spiro atoms. The van der Waals surface area contributed by atoms with Gasteiger partial charge in [-0.25, -0.2) is 0 Å². The molecule has 0 fully saturated rings. The third-order valence-electron chi connectivity index (χ3n) is 2.12. The van der Waals surface area contributed by atoms with Gasteiger partial charge >= 0.3 is 0 Å². The molecule has 0 aliphatic heterocycles. The van der Waals surface area contributed by atoms with Crippen molar-refractivity contribution in [2.45, 2.75) is 26.3 Å². The zero-order valence-corrected chi connectivity index (χ0v) is 9.28. The van der Waals surface area contributed by atoms with E-state index in [1.807, 2.05) is 32.7 Å². The second-order valence-corrected chi connectivity index (χ2v) is 3.95. The second kappa shape index (κ2) is 6.49. The van der Waals surface area contributed by atoms with Crippen LogP contribution in [0.3, 0.4) is 0 Å². The van der Waals surface area contributed by atoms with Gasteiger partial charge < -0.3 is 0 Å². The summed E-state index contributed by atoms with van der Waals surface area (Å²) in [6, 6.07) is 0.0853. The van der Waals surface area contributed by atoms with Crippen LogP contribution < -0.4 is 0 Å². The minimum Gasteiger partial charge on any atom is -0.298 e. The number of rotatable bonds is 6. The Hall–Kier alpha value is -0.0200. The lowest BCUT2D eigenvalue weighted by Gasteiger charge is -2.22. The first-order valence-corrected chi connectivity index (χ1v) is 5.74. The molecule has 0 aromatic carbocycles. The highest BCUT2D eigenvalue weighted by Gasteiger charge is 2.14. The molecule has 0 aromatic rings. The molecule has 3 heteroatoms. The first-order valence-electron chi connectivity index (χ1n) is 4.35. The predicted octanol–water partition coefficient (Wildman–Crippen LogP) is 1.65. The van der Waals surface area contributed by atoms with Gasteiger partial charge in [0.05, 0.1) is 6.04 Å². The SMILES string of the molecule is CCC(=O)C(C)N(C)CCSC. The van der Waals surface area contributed by atoms with Crippen LogP contribution in [0.5, 0.6) is 0 Å². The van der Waals surface area contributed by atoms with E-state index in [1.165, 1.54) is 0 Å². The number of thioether (sulfide) groups is 1. The number of nitrogens with zero attached hydrogens (tertiary/aromatic N) is 1. The molecule has 0 aliphatic rings. The molecule has 12 heavy (non-hydrogen) atoms. The fourth-order valence-electron chi connectivity index (χ4n) is 0.970. The quantitative estimate of drug-likeness (QED) is 0.633. The zero-order chi connectivity index (χ0) is 9.56. The molecule has 0 bridgehead atoms. The highest BCUT2D eigenvalue weighted by molar-refractivity contribution is 7.98. The lowest BCUT2D eigenvalue weighted by Crippen LogP contribution is -2.36. The smallest absolute Gasteiger partial charge is 0.149 e. The van der Waals surface area contributed by atoms with Gasteiger partial charge in [-0.15, -0.1) is 0 Å². The van der Waals surface area contributed by atoms with Gasteiger partial charge in [-0.1, -0.05) is 6.92 Å². The van der Waals surface area contributed by atoms with Crippen molar-refractivity contribution in [2.75, 3.05) is 25.6 Å². The summed E-state index contributed by atoms with van der Waals surface area (Å²) < 4.78 is 0. The van der Waals surface area contributed by atoms with E-state index < -0.39 is 0 Å². The molecule has 2 nitrogen and oxygen atoms in total. The molecular weight excluding hydrogens is 170 g/mol. The van der Waals surface area contributed by atoms with Crippen LogP contribution in [0, 0.1) is 0 Å². The van der Waals surface area contributed by atoms with Gasteiger partial charge in [0.1, 0.15) is 5.78 Å². The minimum absolute atomic E-state index is 0.0853. The van der Waals surface area contributed by atoms with E-state index in [0.29, 0.717) is 12.2 Å². The lowest BCUT2D eigenvalue weighted by atomic mass is 10.1. The van der Waals surface area contributed by atoms with Crippen molar-refractivity contribution in [3.05, 3.63) is 0 Å². The Labute approximate surface area is 79.7 Å². The fraction of sp³-hybridized carbons (Fsp3) is 0.889. The Kier molecular flexibility index (Phi) is 6.48. The number of carbonyl (C=O) groups excluding carboxylic acids is 1. The summed E-state index contributed by atoms with van der Waals surface area (Å²) >= 11 is 1.81. The average molecular weight is 189 g/mol. The van der Waals surface area contributed by atoms with E-state index >= 15 is 0 Å². The van der Waals surface area contributed by atoms with Gasteiger partial charge in [0, 0.05) is 18.7 Å². The number of hydrogen-bond donors (Lipinski definition) is 0. The highest BCUT2D eigenvalue weighted by atomic mass is 32.2. The molecule has 72 valence electrons. The third kappa shape index (κ3) is 4.12. The number of hydrogen-bond acceptors (Lipinski definition) is 3. The standard InChI is InChI=1S/C9H19NOS/c1-5-9(11)8(2)10(3)6-7-12-4/h8H,5-7H2,1-4H3. The molecule has 0 heterocycles. The first kappa shape index (κ1) is 12.0. The normalized spacial score (nSPS) is 13.4. The maximum Gasteiger partial charge on any atom is 0.149 e. The van der Waals surface area contributed by atoms with Crippen molar-refractivity contribution in [3.63, 3.8) is 0 Å². The van der Waals surface area contributed by atoms with Crippen molar-refractivity contribution >= 4 is 17.5 Å². The van der Waals surface area contributed by atoms with Crippen molar-refractivity contribution < 1.29 is 4.79 Å². The molecule has 0 radical (unpaired) electrons. The molecule has 0 aliphatic carbocycles. The second-order valence-electron chi connectivity index (χ2n) is 2.97. The summed E-state index contributed by atoms with van der Waals surface area (Å²) in [6.07, 6.45) is 2.73. The monoisotopic (exact) mass is 189 g/mol. The minimum atomic E-state index is 0.0853. The maximum absolute atomic E-state index is 11.3. The van der Waals surface area contributed by atoms with Crippen LogP contribution in [0.2, 0.25) is 0 Å². The van der Waals surface area contributed by atoms with Crippen LogP contribution in [-0.2, 0) is 4.79 Å². The Balaban J connectivity index is 3.75. The van der Waals surface area contributed by atoms with Crippen molar-refractivity contribution in [1.29, 1.82) is 0 Å². The molecule has 0 rings (SSSR count). The van der Waals surface area contributed by atoms with Crippen LogP contribution in [0.15, 0.2) is 0 Å². The molecule has 0 saturated carbocycles. The number of Topliss-reactive ketones (excluding diaryl/α,β-unsaturated/α-hetero) is 1. The Bertz CT molecular complexity index is 138. The molecule has 1 unspecified atom stereocenters. The summed E-state index contributed by atoms with van der Waals surface area (Å²) in [5, 5.41) is 0. The number of ketones is 1. The van der Waals surface area contributed by atoms with Crippen LogP contribution >= 0.6 is 11.8 Å². The molecular formula is C9H19NOS. The highest BCUT2D eigenvalue weighted by Crippen LogP contribution is 2.01. The number of carbonyl (C=O) groups is 1.